The van der Waals surface area contributed by atoms with Gasteiger partial charge in [0.25, 0.3) is 5.91 Å². The number of amides is 1. The molecule has 144 valence electrons. The molecule has 0 spiro atoms. The van der Waals surface area contributed by atoms with E-state index in [1.807, 2.05) is 38.1 Å². The number of aromatic nitrogens is 2. The summed E-state index contributed by atoms with van der Waals surface area (Å²) in [5.74, 6) is 1.17. The van der Waals surface area contributed by atoms with E-state index in [0.29, 0.717) is 11.5 Å². The fourth-order valence-electron chi connectivity index (χ4n) is 3.30. The average molecular weight is 368 g/mol. The van der Waals surface area contributed by atoms with Crippen LogP contribution < -0.4 is 15.4 Å². The lowest BCUT2D eigenvalue weighted by Gasteiger charge is -2.17. The van der Waals surface area contributed by atoms with Crippen LogP contribution >= 0.6 is 0 Å². The summed E-state index contributed by atoms with van der Waals surface area (Å²) in [6.45, 7) is 3.97. The lowest BCUT2D eigenvalue weighted by Crippen LogP contribution is -2.34. The maximum Gasteiger partial charge on any atom is 0.270 e. The monoisotopic (exact) mass is 368 g/mol. The van der Waals surface area contributed by atoms with E-state index < -0.39 is 0 Å². The summed E-state index contributed by atoms with van der Waals surface area (Å²) in [6.07, 6.45) is 8.43. The second-order valence-electron chi connectivity index (χ2n) is 7.24. The van der Waals surface area contributed by atoms with E-state index in [-0.39, 0.29) is 18.1 Å². The van der Waals surface area contributed by atoms with Crippen LogP contribution in [0.25, 0.3) is 0 Å². The van der Waals surface area contributed by atoms with E-state index in [0.717, 1.165) is 24.3 Å². The Morgan fingerprint density at radius 1 is 1.11 bits per heavy atom. The Balaban J connectivity index is 1.69. The molecule has 2 N–H and O–H groups in total. The molecule has 0 atom stereocenters. The molecule has 0 aliphatic heterocycles. The van der Waals surface area contributed by atoms with Crippen LogP contribution in [0.3, 0.4) is 0 Å². The zero-order valence-corrected chi connectivity index (χ0v) is 16.1. The topological polar surface area (TPSA) is 76.1 Å². The highest BCUT2D eigenvalue weighted by Gasteiger charge is 2.17. The fourth-order valence-corrected chi connectivity index (χ4v) is 3.30. The number of carbonyl (C=O) groups excluding carboxylic acids is 1. The van der Waals surface area contributed by atoms with Crippen molar-refractivity contribution >= 4 is 17.4 Å². The first-order valence-corrected chi connectivity index (χ1v) is 9.77. The van der Waals surface area contributed by atoms with Crippen molar-refractivity contribution in [1.82, 2.24) is 15.3 Å². The van der Waals surface area contributed by atoms with Crippen LogP contribution in [0.5, 0.6) is 5.75 Å². The van der Waals surface area contributed by atoms with Crippen molar-refractivity contribution in [3.63, 3.8) is 0 Å². The zero-order valence-electron chi connectivity index (χ0n) is 16.1. The number of nitrogens with zero attached hydrogens (tertiary/aromatic N) is 2. The van der Waals surface area contributed by atoms with Crippen molar-refractivity contribution < 1.29 is 9.53 Å². The third kappa shape index (κ3) is 5.67. The molecule has 1 aromatic carbocycles. The molecule has 1 aromatic heterocycles. The molecule has 1 fully saturated rings. The molecule has 3 rings (SSSR count). The second-order valence-corrected chi connectivity index (χ2v) is 7.24. The van der Waals surface area contributed by atoms with Crippen molar-refractivity contribution in [3.05, 3.63) is 42.4 Å². The molecule has 1 aliphatic rings. The van der Waals surface area contributed by atoms with E-state index in [1.165, 1.54) is 32.0 Å². The lowest BCUT2D eigenvalue weighted by atomic mass is 10.1. The predicted octanol–water partition coefficient (Wildman–Crippen LogP) is 4.46. The van der Waals surface area contributed by atoms with Gasteiger partial charge >= 0.3 is 0 Å². The summed E-state index contributed by atoms with van der Waals surface area (Å²) in [7, 11) is 0. The highest BCUT2D eigenvalue weighted by atomic mass is 16.5. The van der Waals surface area contributed by atoms with E-state index in [2.05, 4.69) is 20.6 Å². The summed E-state index contributed by atoms with van der Waals surface area (Å²) < 4.78 is 5.82. The Morgan fingerprint density at radius 3 is 2.59 bits per heavy atom. The minimum Gasteiger partial charge on any atom is -0.489 e. The Bertz CT molecular complexity index is 755. The summed E-state index contributed by atoms with van der Waals surface area (Å²) in [4.78, 5) is 21.0. The number of hydrogen-bond acceptors (Lipinski definition) is 5. The molecular formula is C21H28N4O2. The molecule has 6 heteroatoms. The van der Waals surface area contributed by atoms with Gasteiger partial charge in [-0.3, -0.25) is 4.79 Å². The summed E-state index contributed by atoms with van der Waals surface area (Å²) in [5, 5.41) is 6.35. The maximum absolute atomic E-state index is 12.6. The maximum atomic E-state index is 12.6. The minimum atomic E-state index is -0.140. The van der Waals surface area contributed by atoms with Gasteiger partial charge in [0, 0.05) is 12.1 Å². The summed E-state index contributed by atoms with van der Waals surface area (Å²) in [6, 6.07) is 9.60. The van der Waals surface area contributed by atoms with Crippen LogP contribution in [0.2, 0.25) is 0 Å². The first-order chi connectivity index (χ1) is 13.1. The van der Waals surface area contributed by atoms with Gasteiger partial charge in [-0.05, 0) is 38.8 Å². The second kappa shape index (κ2) is 9.35. The summed E-state index contributed by atoms with van der Waals surface area (Å²) >= 11 is 0. The Hall–Kier alpha value is -2.63. The number of carbonyl (C=O) groups is 1. The van der Waals surface area contributed by atoms with E-state index >= 15 is 0 Å². The fraction of sp³-hybridized carbons (Fsp3) is 0.476. The molecule has 6 nitrogen and oxygen atoms in total. The SMILES string of the molecule is CC(C)Oc1ccccc1Nc1cc(C(=O)NC2CCCCCC2)ncn1. The molecule has 1 amide bonds. The molecule has 0 saturated heterocycles. The smallest absolute Gasteiger partial charge is 0.270 e. The number of nitrogens with one attached hydrogen (secondary N) is 2. The number of hydrogen-bond donors (Lipinski definition) is 2. The molecule has 1 aliphatic carbocycles. The van der Waals surface area contributed by atoms with Gasteiger partial charge in [-0.15, -0.1) is 0 Å². The minimum absolute atomic E-state index is 0.0688. The van der Waals surface area contributed by atoms with Crippen molar-refractivity contribution in [3.8, 4) is 5.75 Å². The largest absolute Gasteiger partial charge is 0.489 e. The Morgan fingerprint density at radius 2 is 1.85 bits per heavy atom. The van der Waals surface area contributed by atoms with E-state index in [9.17, 15) is 4.79 Å². The molecular weight excluding hydrogens is 340 g/mol. The normalized spacial score (nSPS) is 15.2. The van der Waals surface area contributed by atoms with E-state index in [1.54, 1.807) is 6.07 Å². The van der Waals surface area contributed by atoms with Crippen molar-refractivity contribution in [1.29, 1.82) is 0 Å². The van der Waals surface area contributed by atoms with Gasteiger partial charge in [0.15, 0.2) is 0 Å². The van der Waals surface area contributed by atoms with Crippen LogP contribution in [0.1, 0.15) is 62.9 Å². The highest BCUT2D eigenvalue weighted by Crippen LogP contribution is 2.27. The average Bonchev–Trinajstić information content (AvgIpc) is 2.92. The van der Waals surface area contributed by atoms with Crippen LogP contribution in [0.4, 0.5) is 11.5 Å². The highest BCUT2D eigenvalue weighted by molar-refractivity contribution is 5.93. The molecule has 0 bridgehead atoms. The first kappa shape index (κ1) is 19.1. The Labute approximate surface area is 160 Å². The van der Waals surface area contributed by atoms with Gasteiger partial charge in [-0.25, -0.2) is 9.97 Å². The van der Waals surface area contributed by atoms with Gasteiger partial charge in [-0.2, -0.15) is 0 Å². The van der Waals surface area contributed by atoms with Gasteiger partial charge in [0.05, 0.1) is 11.8 Å². The van der Waals surface area contributed by atoms with Crippen LogP contribution in [-0.4, -0.2) is 28.0 Å². The number of anilines is 2. The van der Waals surface area contributed by atoms with Crippen molar-refractivity contribution in [2.75, 3.05) is 5.32 Å². The molecule has 0 unspecified atom stereocenters. The van der Waals surface area contributed by atoms with Gasteiger partial charge in [-0.1, -0.05) is 37.8 Å². The van der Waals surface area contributed by atoms with Gasteiger partial charge in [0.1, 0.15) is 23.6 Å². The molecule has 2 aromatic rings. The third-order valence-electron chi connectivity index (χ3n) is 4.60. The molecule has 0 radical (unpaired) electrons. The number of benzene rings is 1. The van der Waals surface area contributed by atoms with Gasteiger partial charge in [0.2, 0.25) is 0 Å². The first-order valence-electron chi connectivity index (χ1n) is 9.77. The van der Waals surface area contributed by atoms with Crippen molar-refractivity contribution in [2.45, 2.75) is 64.5 Å². The molecule has 1 saturated carbocycles. The number of ether oxygens (including phenoxy) is 1. The predicted molar refractivity (Wildman–Crippen MR) is 106 cm³/mol. The van der Waals surface area contributed by atoms with Crippen LogP contribution in [-0.2, 0) is 0 Å². The standard InChI is InChI=1S/C21H28N4O2/c1-15(2)27-19-12-8-7-11-17(19)25-20-13-18(22-14-23-20)21(26)24-16-9-5-3-4-6-10-16/h7-8,11-16H,3-6,9-10H2,1-2H3,(H,24,26)(H,22,23,25). The summed E-state index contributed by atoms with van der Waals surface area (Å²) in [5.41, 5.74) is 1.18. The quantitative estimate of drug-likeness (QED) is 0.736. The van der Waals surface area contributed by atoms with Crippen molar-refractivity contribution in [2.24, 2.45) is 0 Å². The molecule has 1 heterocycles. The lowest BCUT2D eigenvalue weighted by molar-refractivity contribution is 0.0928. The number of rotatable bonds is 6. The Kier molecular flexibility index (Phi) is 6.63. The third-order valence-corrected chi connectivity index (χ3v) is 4.60. The van der Waals surface area contributed by atoms with E-state index in [4.69, 9.17) is 4.74 Å². The number of para-hydroxylation sites is 2. The van der Waals surface area contributed by atoms with Crippen LogP contribution in [0, 0.1) is 0 Å². The van der Waals surface area contributed by atoms with Gasteiger partial charge < -0.3 is 15.4 Å². The van der Waals surface area contributed by atoms with Crippen LogP contribution in [0.15, 0.2) is 36.7 Å². The zero-order chi connectivity index (χ0) is 19.1. The molecule has 27 heavy (non-hydrogen) atoms.